The van der Waals surface area contributed by atoms with E-state index >= 15 is 0 Å². The van der Waals surface area contributed by atoms with Crippen molar-refractivity contribution in [2.24, 2.45) is 5.73 Å². The van der Waals surface area contributed by atoms with E-state index in [0.717, 1.165) is 26.2 Å². The predicted molar refractivity (Wildman–Crippen MR) is 91.3 cm³/mol. The maximum absolute atomic E-state index is 6.28. The lowest BCUT2D eigenvalue weighted by Crippen LogP contribution is -2.41. The molecule has 0 amide bonds. The van der Waals surface area contributed by atoms with Crippen molar-refractivity contribution in [1.29, 1.82) is 0 Å². The van der Waals surface area contributed by atoms with E-state index in [1.54, 1.807) is 0 Å². The molecule has 0 saturated carbocycles. The highest BCUT2D eigenvalue weighted by molar-refractivity contribution is 9.11. The van der Waals surface area contributed by atoms with Gasteiger partial charge in [0.05, 0.1) is 9.83 Å². The molecule has 0 aromatic carbocycles. The van der Waals surface area contributed by atoms with Gasteiger partial charge in [-0.05, 0) is 54.5 Å². The molecule has 1 aliphatic heterocycles. The highest BCUT2D eigenvalue weighted by Gasteiger charge is 2.33. The first-order valence-electron chi connectivity index (χ1n) is 7.55. The average molecular weight is 360 g/mol. The second kappa shape index (κ2) is 7.36. The number of thiophene rings is 1. The summed E-state index contributed by atoms with van der Waals surface area (Å²) in [4.78, 5) is 6.53. The molecule has 0 spiro atoms. The van der Waals surface area contributed by atoms with E-state index in [2.05, 4.69) is 58.6 Å². The van der Waals surface area contributed by atoms with Crippen molar-refractivity contribution >= 4 is 27.3 Å². The molecule has 1 aromatic heterocycles. The van der Waals surface area contributed by atoms with Crippen LogP contribution in [0.3, 0.4) is 0 Å². The summed E-state index contributed by atoms with van der Waals surface area (Å²) in [5.41, 5.74) is 6.28. The first kappa shape index (κ1) is 16.4. The molecule has 2 N–H and O–H groups in total. The highest BCUT2D eigenvalue weighted by Crippen LogP contribution is 2.34. The van der Waals surface area contributed by atoms with Gasteiger partial charge in [0.25, 0.3) is 0 Å². The lowest BCUT2D eigenvalue weighted by Gasteiger charge is -2.32. The maximum Gasteiger partial charge on any atom is 0.0702 e. The predicted octanol–water partition coefficient (Wildman–Crippen LogP) is 3.32. The van der Waals surface area contributed by atoms with Gasteiger partial charge in [-0.1, -0.05) is 13.8 Å². The summed E-state index contributed by atoms with van der Waals surface area (Å²) < 4.78 is 1.19. The smallest absolute Gasteiger partial charge is 0.0702 e. The Morgan fingerprint density at radius 1 is 1.45 bits per heavy atom. The Labute approximate surface area is 135 Å². The number of likely N-dealkylation sites (N-methyl/N-ethyl adjacent to an activating group) is 1. The minimum atomic E-state index is 0.163. The Morgan fingerprint density at radius 3 is 2.65 bits per heavy atom. The van der Waals surface area contributed by atoms with Gasteiger partial charge in [-0.15, -0.1) is 11.3 Å². The number of likely N-dealkylation sites (tertiary alicyclic amines) is 1. The molecule has 3 nitrogen and oxygen atoms in total. The van der Waals surface area contributed by atoms with Gasteiger partial charge in [0, 0.05) is 30.1 Å². The Hall–Kier alpha value is 0.0600. The van der Waals surface area contributed by atoms with Gasteiger partial charge in [-0.25, -0.2) is 0 Å². The summed E-state index contributed by atoms with van der Waals surface area (Å²) in [7, 11) is 0. The fraction of sp³-hybridized carbons (Fsp3) is 0.733. The zero-order valence-corrected chi connectivity index (χ0v) is 15.1. The maximum atomic E-state index is 6.28. The molecule has 1 aliphatic rings. The van der Waals surface area contributed by atoms with Crippen LogP contribution >= 0.6 is 27.3 Å². The fourth-order valence-corrected chi connectivity index (χ4v) is 4.99. The zero-order valence-electron chi connectivity index (χ0n) is 12.7. The molecule has 3 unspecified atom stereocenters. The van der Waals surface area contributed by atoms with Gasteiger partial charge >= 0.3 is 0 Å². The first-order valence-corrected chi connectivity index (χ1v) is 9.16. The summed E-state index contributed by atoms with van der Waals surface area (Å²) in [5, 5.41) is 0. The molecule has 5 heteroatoms. The van der Waals surface area contributed by atoms with Crippen molar-refractivity contribution in [3.63, 3.8) is 0 Å². The summed E-state index contributed by atoms with van der Waals surface area (Å²) in [5.74, 6) is 0. The van der Waals surface area contributed by atoms with E-state index in [4.69, 9.17) is 5.73 Å². The van der Waals surface area contributed by atoms with Crippen molar-refractivity contribution in [1.82, 2.24) is 9.80 Å². The van der Waals surface area contributed by atoms with Crippen molar-refractivity contribution in [2.75, 3.05) is 26.2 Å². The largest absolute Gasteiger partial charge is 0.326 e. The van der Waals surface area contributed by atoms with Crippen LogP contribution in [0.15, 0.2) is 15.9 Å². The molecular formula is C15H26BrN3S. The SMILES string of the molecule is CCN(CC)C1CCN(C(c2ccc(Br)s2)C(C)N)C1. The van der Waals surface area contributed by atoms with Crippen LogP contribution in [0.5, 0.6) is 0 Å². The Kier molecular flexibility index (Phi) is 6.05. The third kappa shape index (κ3) is 3.63. The van der Waals surface area contributed by atoms with Crippen molar-refractivity contribution in [3.8, 4) is 0 Å². The number of hydrogen-bond donors (Lipinski definition) is 1. The van der Waals surface area contributed by atoms with E-state index in [1.165, 1.54) is 15.1 Å². The zero-order chi connectivity index (χ0) is 14.7. The molecule has 2 rings (SSSR count). The van der Waals surface area contributed by atoms with E-state index in [0.29, 0.717) is 12.1 Å². The molecule has 0 radical (unpaired) electrons. The molecule has 3 atom stereocenters. The summed E-state index contributed by atoms with van der Waals surface area (Å²) in [6.45, 7) is 11.2. The molecule has 0 aliphatic carbocycles. The van der Waals surface area contributed by atoms with Crippen molar-refractivity contribution in [3.05, 3.63) is 20.8 Å². The standard InChI is InChI=1S/C15H26BrN3S/c1-4-18(5-2)12-8-9-19(10-12)15(11(3)17)13-6-7-14(16)20-13/h6-7,11-12,15H,4-5,8-10,17H2,1-3H3. The Morgan fingerprint density at radius 2 is 2.15 bits per heavy atom. The van der Waals surface area contributed by atoms with Gasteiger partial charge < -0.3 is 5.73 Å². The van der Waals surface area contributed by atoms with Gasteiger partial charge in [0.1, 0.15) is 0 Å². The van der Waals surface area contributed by atoms with Crippen LogP contribution < -0.4 is 5.73 Å². The van der Waals surface area contributed by atoms with E-state index in [9.17, 15) is 0 Å². The molecule has 114 valence electrons. The fourth-order valence-electron chi connectivity index (χ4n) is 3.32. The normalized spacial score (nSPS) is 23.4. The van der Waals surface area contributed by atoms with E-state index in [-0.39, 0.29) is 6.04 Å². The minimum absolute atomic E-state index is 0.163. The van der Waals surface area contributed by atoms with Crippen LogP contribution in [0.25, 0.3) is 0 Å². The van der Waals surface area contributed by atoms with Crippen molar-refractivity contribution in [2.45, 2.75) is 45.3 Å². The molecule has 1 aromatic rings. The molecule has 1 saturated heterocycles. The van der Waals surface area contributed by atoms with Crippen LogP contribution in [-0.4, -0.2) is 48.1 Å². The number of nitrogens with two attached hydrogens (primary N) is 1. The van der Waals surface area contributed by atoms with Gasteiger partial charge in [0.15, 0.2) is 0 Å². The summed E-state index contributed by atoms with van der Waals surface area (Å²) >= 11 is 5.38. The van der Waals surface area contributed by atoms with Crippen LogP contribution in [0.4, 0.5) is 0 Å². The van der Waals surface area contributed by atoms with Crippen LogP contribution in [-0.2, 0) is 0 Å². The monoisotopic (exact) mass is 359 g/mol. The second-order valence-corrected chi connectivity index (χ2v) is 8.10. The van der Waals surface area contributed by atoms with Crippen LogP contribution in [0, 0.1) is 0 Å². The molecular weight excluding hydrogens is 334 g/mol. The van der Waals surface area contributed by atoms with E-state index < -0.39 is 0 Å². The second-order valence-electron chi connectivity index (χ2n) is 5.60. The third-order valence-electron chi connectivity index (χ3n) is 4.30. The average Bonchev–Trinajstić information content (AvgIpc) is 3.02. The highest BCUT2D eigenvalue weighted by atomic mass is 79.9. The van der Waals surface area contributed by atoms with Crippen molar-refractivity contribution < 1.29 is 0 Å². The Balaban J connectivity index is 2.09. The molecule has 1 fully saturated rings. The molecule has 0 bridgehead atoms. The first-order chi connectivity index (χ1) is 9.56. The number of nitrogens with zero attached hydrogens (tertiary/aromatic N) is 2. The van der Waals surface area contributed by atoms with Gasteiger partial charge in [-0.3, -0.25) is 9.80 Å². The van der Waals surface area contributed by atoms with Gasteiger partial charge in [-0.2, -0.15) is 0 Å². The number of halogens is 1. The molecule has 2 heterocycles. The lowest BCUT2D eigenvalue weighted by molar-refractivity contribution is 0.178. The molecule has 20 heavy (non-hydrogen) atoms. The minimum Gasteiger partial charge on any atom is -0.326 e. The third-order valence-corrected chi connectivity index (χ3v) is 5.99. The topological polar surface area (TPSA) is 32.5 Å². The number of hydrogen-bond acceptors (Lipinski definition) is 4. The quantitative estimate of drug-likeness (QED) is 0.845. The van der Waals surface area contributed by atoms with Crippen LogP contribution in [0.2, 0.25) is 0 Å². The summed E-state index contributed by atoms with van der Waals surface area (Å²) in [6, 6.07) is 5.55. The van der Waals surface area contributed by atoms with E-state index in [1.807, 2.05) is 11.3 Å². The van der Waals surface area contributed by atoms with Gasteiger partial charge in [0.2, 0.25) is 0 Å². The summed E-state index contributed by atoms with van der Waals surface area (Å²) in [6.07, 6.45) is 1.26. The Bertz CT molecular complexity index is 417. The van der Waals surface area contributed by atoms with Crippen LogP contribution in [0.1, 0.15) is 38.1 Å². The number of rotatable bonds is 6. The lowest BCUT2D eigenvalue weighted by atomic mass is 10.1.